The molecule has 1 aromatic rings. The van der Waals surface area contributed by atoms with Crippen molar-refractivity contribution in [3.8, 4) is 5.75 Å². The van der Waals surface area contributed by atoms with Gasteiger partial charge in [-0.1, -0.05) is 12.1 Å². The van der Waals surface area contributed by atoms with Gasteiger partial charge in [-0.2, -0.15) is 0 Å². The third-order valence-corrected chi connectivity index (χ3v) is 3.58. The van der Waals surface area contributed by atoms with Gasteiger partial charge in [0.1, 0.15) is 11.7 Å². The summed E-state index contributed by atoms with van der Waals surface area (Å²) in [7, 11) is 1.57. The van der Waals surface area contributed by atoms with E-state index in [1.165, 1.54) is 0 Å². The number of ether oxygens (including phenoxy) is 1. The van der Waals surface area contributed by atoms with Crippen LogP contribution in [-0.2, 0) is 9.59 Å². The molecule has 1 aliphatic heterocycles. The Kier molecular flexibility index (Phi) is 3.22. The third-order valence-electron chi connectivity index (χ3n) is 3.58. The van der Waals surface area contributed by atoms with Crippen LogP contribution in [0.1, 0.15) is 25.3 Å². The number of carbonyl (C=O) groups excluding carboxylic acids is 1. The number of carboxylic acid groups (broad SMARTS) is 1. The van der Waals surface area contributed by atoms with Gasteiger partial charge in [-0.05, 0) is 31.5 Å². The standard InChI is InChI=1S/C14H17NO4/c1-14(2)11(10(13(17)18)12(16)15-14)8-4-6-9(19-3)7-5-8/h4-7,10-11H,1-3H3,(H,15,16)(H,17,18)/t10-,11?/m0/s1. The molecule has 2 rings (SSSR count). The molecule has 1 aliphatic rings. The Morgan fingerprint density at radius 3 is 2.37 bits per heavy atom. The molecule has 1 unspecified atom stereocenters. The van der Waals surface area contributed by atoms with Crippen LogP contribution in [0.25, 0.3) is 0 Å². The number of hydrogen-bond acceptors (Lipinski definition) is 3. The molecule has 2 N–H and O–H groups in total. The van der Waals surface area contributed by atoms with E-state index in [1.807, 2.05) is 26.0 Å². The number of aliphatic carboxylic acids is 1. The van der Waals surface area contributed by atoms with E-state index in [0.29, 0.717) is 5.75 Å². The van der Waals surface area contributed by atoms with Crippen LogP contribution in [0.15, 0.2) is 24.3 Å². The maximum Gasteiger partial charge on any atom is 0.316 e. The molecule has 1 aromatic carbocycles. The Labute approximate surface area is 111 Å². The molecule has 2 atom stereocenters. The minimum atomic E-state index is -1.09. The number of methoxy groups -OCH3 is 1. The van der Waals surface area contributed by atoms with Gasteiger partial charge in [-0.25, -0.2) is 0 Å². The minimum absolute atomic E-state index is 0.400. The fourth-order valence-electron chi connectivity index (χ4n) is 2.72. The van der Waals surface area contributed by atoms with Gasteiger partial charge < -0.3 is 15.2 Å². The SMILES string of the molecule is COc1ccc(C2[C@H](C(=O)O)C(=O)NC2(C)C)cc1. The molecular weight excluding hydrogens is 246 g/mol. The minimum Gasteiger partial charge on any atom is -0.497 e. The highest BCUT2D eigenvalue weighted by Crippen LogP contribution is 2.40. The second-order valence-corrected chi connectivity index (χ2v) is 5.28. The predicted molar refractivity (Wildman–Crippen MR) is 69.1 cm³/mol. The third kappa shape index (κ3) is 2.28. The average molecular weight is 263 g/mol. The molecule has 0 radical (unpaired) electrons. The lowest BCUT2D eigenvalue weighted by atomic mass is 9.77. The Morgan fingerprint density at radius 2 is 1.89 bits per heavy atom. The lowest BCUT2D eigenvalue weighted by Crippen LogP contribution is -2.38. The molecule has 0 bridgehead atoms. The predicted octanol–water partition coefficient (Wildman–Crippen LogP) is 1.39. The Morgan fingerprint density at radius 1 is 1.32 bits per heavy atom. The van der Waals surface area contributed by atoms with Crippen molar-refractivity contribution in [2.45, 2.75) is 25.3 Å². The molecule has 0 aromatic heterocycles. The zero-order valence-electron chi connectivity index (χ0n) is 11.1. The zero-order valence-corrected chi connectivity index (χ0v) is 11.1. The molecule has 5 heteroatoms. The second kappa shape index (κ2) is 4.57. The number of rotatable bonds is 3. The largest absolute Gasteiger partial charge is 0.497 e. The van der Waals surface area contributed by atoms with Gasteiger partial charge in [0.25, 0.3) is 0 Å². The molecule has 1 saturated heterocycles. The molecule has 0 aliphatic carbocycles. The van der Waals surface area contributed by atoms with E-state index in [0.717, 1.165) is 5.56 Å². The second-order valence-electron chi connectivity index (χ2n) is 5.28. The normalized spacial score (nSPS) is 24.9. The first-order chi connectivity index (χ1) is 8.86. The summed E-state index contributed by atoms with van der Waals surface area (Å²) in [6, 6.07) is 7.16. The van der Waals surface area contributed by atoms with Crippen LogP contribution < -0.4 is 10.1 Å². The number of carbonyl (C=O) groups is 2. The summed E-state index contributed by atoms with van der Waals surface area (Å²) in [5.41, 5.74) is 0.228. The van der Waals surface area contributed by atoms with E-state index in [1.54, 1.807) is 19.2 Å². The summed E-state index contributed by atoms with van der Waals surface area (Å²) in [6.07, 6.45) is 0. The first kappa shape index (κ1) is 13.4. The van der Waals surface area contributed by atoms with Gasteiger partial charge in [0.15, 0.2) is 0 Å². The van der Waals surface area contributed by atoms with Crippen LogP contribution in [0, 0.1) is 5.92 Å². The van der Waals surface area contributed by atoms with Crippen molar-refractivity contribution in [2.75, 3.05) is 7.11 Å². The monoisotopic (exact) mass is 263 g/mol. The van der Waals surface area contributed by atoms with Crippen molar-refractivity contribution >= 4 is 11.9 Å². The molecule has 102 valence electrons. The summed E-state index contributed by atoms with van der Waals surface area (Å²) in [4.78, 5) is 23.1. The molecule has 1 amide bonds. The molecule has 0 saturated carbocycles. The van der Waals surface area contributed by atoms with E-state index in [4.69, 9.17) is 4.74 Å². The van der Waals surface area contributed by atoms with Gasteiger partial charge >= 0.3 is 5.97 Å². The zero-order chi connectivity index (χ0) is 14.2. The van der Waals surface area contributed by atoms with Crippen LogP contribution in [0.4, 0.5) is 0 Å². The first-order valence-corrected chi connectivity index (χ1v) is 6.05. The quantitative estimate of drug-likeness (QED) is 0.808. The number of benzene rings is 1. The van der Waals surface area contributed by atoms with Gasteiger partial charge in [0.2, 0.25) is 5.91 Å². The number of carboxylic acids is 1. The Bertz CT molecular complexity index is 507. The van der Waals surface area contributed by atoms with Crippen molar-refractivity contribution in [1.82, 2.24) is 5.32 Å². The smallest absolute Gasteiger partial charge is 0.316 e. The number of amides is 1. The maximum atomic E-state index is 11.8. The lowest BCUT2D eigenvalue weighted by Gasteiger charge is -2.28. The highest BCUT2D eigenvalue weighted by Gasteiger charge is 2.51. The number of hydrogen-bond donors (Lipinski definition) is 2. The average Bonchev–Trinajstić information content (AvgIpc) is 2.58. The molecule has 0 spiro atoms. The molecule has 1 heterocycles. The Hall–Kier alpha value is -2.04. The van der Waals surface area contributed by atoms with Gasteiger partial charge in [-0.3, -0.25) is 9.59 Å². The van der Waals surface area contributed by atoms with Crippen LogP contribution in [0.2, 0.25) is 0 Å². The fraction of sp³-hybridized carbons (Fsp3) is 0.429. The summed E-state index contributed by atoms with van der Waals surface area (Å²) in [5.74, 6) is -2.28. The van der Waals surface area contributed by atoms with Crippen molar-refractivity contribution in [1.29, 1.82) is 0 Å². The van der Waals surface area contributed by atoms with Crippen LogP contribution in [0.3, 0.4) is 0 Å². The summed E-state index contributed by atoms with van der Waals surface area (Å²) < 4.78 is 5.08. The van der Waals surface area contributed by atoms with E-state index in [-0.39, 0.29) is 0 Å². The van der Waals surface area contributed by atoms with E-state index >= 15 is 0 Å². The number of nitrogens with one attached hydrogen (secondary N) is 1. The van der Waals surface area contributed by atoms with E-state index < -0.39 is 29.3 Å². The topological polar surface area (TPSA) is 75.6 Å². The van der Waals surface area contributed by atoms with Gasteiger partial charge in [0.05, 0.1) is 7.11 Å². The van der Waals surface area contributed by atoms with Crippen LogP contribution in [-0.4, -0.2) is 29.6 Å². The maximum absolute atomic E-state index is 11.8. The molecule has 19 heavy (non-hydrogen) atoms. The molecular formula is C14H17NO4. The van der Waals surface area contributed by atoms with Crippen molar-refractivity contribution in [3.05, 3.63) is 29.8 Å². The van der Waals surface area contributed by atoms with Crippen molar-refractivity contribution < 1.29 is 19.4 Å². The van der Waals surface area contributed by atoms with Crippen LogP contribution >= 0.6 is 0 Å². The fourth-order valence-corrected chi connectivity index (χ4v) is 2.72. The summed E-state index contributed by atoms with van der Waals surface area (Å²) in [6.45, 7) is 3.67. The highest BCUT2D eigenvalue weighted by molar-refractivity contribution is 6.00. The van der Waals surface area contributed by atoms with E-state index in [9.17, 15) is 14.7 Å². The van der Waals surface area contributed by atoms with Crippen LogP contribution in [0.5, 0.6) is 5.75 Å². The lowest BCUT2D eigenvalue weighted by molar-refractivity contribution is -0.145. The van der Waals surface area contributed by atoms with Crippen molar-refractivity contribution in [3.63, 3.8) is 0 Å². The molecule has 1 fully saturated rings. The highest BCUT2D eigenvalue weighted by atomic mass is 16.5. The molecule has 5 nitrogen and oxygen atoms in total. The van der Waals surface area contributed by atoms with E-state index in [2.05, 4.69) is 5.32 Å². The van der Waals surface area contributed by atoms with Gasteiger partial charge in [-0.15, -0.1) is 0 Å². The van der Waals surface area contributed by atoms with Gasteiger partial charge in [0, 0.05) is 11.5 Å². The first-order valence-electron chi connectivity index (χ1n) is 6.05. The Balaban J connectivity index is 2.43. The summed E-state index contributed by atoms with van der Waals surface area (Å²) >= 11 is 0. The van der Waals surface area contributed by atoms with Crippen molar-refractivity contribution in [2.24, 2.45) is 5.92 Å². The summed E-state index contributed by atoms with van der Waals surface area (Å²) in [5, 5.41) is 12.0.